The van der Waals surface area contributed by atoms with E-state index in [0.29, 0.717) is 6.42 Å². The number of carbonyl (C=O) groups is 2. The van der Waals surface area contributed by atoms with Crippen molar-refractivity contribution in [2.24, 2.45) is 11.8 Å². The van der Waals surface area contributed by atoms with Crippen molar-refractivity contribution < 1.29 is 14.7 Å². The van der Waals surface area contributed by atoms with E-state index in [1.54, 1.807) is 11.0 Å². The molecule has 0 bridgehead atoms. The fourth-order valence-electron chi connectivity index (χ4n) is 3.74. The van der Waals surface area contributed by atoms with Gasteiger partial charge in [-0.3, -0.25) is 9.59 Å². The first kappa shape index (κ1) is 20.6. The molecule has 5 unspecified atom stereocenters. The molecular formula is C21H33N2O3+. The average Bonchev–Trinajstić information content (AvgIpc) is 3.08. The summed E-state index contributed by atoms with van der Waals surface area (Å²) in [5.41, 5.74) is -0.502. The molecule has 5 nitrogen and oxygen atoms in total. The molecule has 2 fully saturated rings. The number of aliphatic hydroxyl groups excluding tert-OH is 1. The molecule has 0 aromatic carbocycles. The fourth-order valence-corrected chi connectivity index (χ4v) is 3.74. The van der Waals surface area contributed by atoms with E-state index >= 15 is 0 Å². The van der Waals surface area contributed by atoms with Gasteiger partial charge >= 0.3 is 0 Å². The molecule has 1 saturated heterocycles. The molecule has 1 heterocycles. The first-order valence-corrected chi connectivity index (χ1v) is 9.71. The number of allylic oxidation sites excluding steroid dienone is 1. The number of nitrogens with zero attached hydrogens (tertiary/aromatic N) is 1. The van der Waals surface area contributed by atoms with Crippen molar-refractivity contribution in [2.45, 2.75) is 69.6 Å². The largest absolute Gasteiger partial charge is 0.391 e. The van der Waals surface area contributed by atoms with Gasteiger partial charge in [-0.2, -0.15) is 0 Å². The summed E-state index contributed by atoms with van der Waals surface area (Å²) in [5, 5.41) is 13.0. The van der Waals surface area contributed by atoms with E-state index in [1.807, 2.05) is 13.0 Å². The molecule has 144 valence electrons. The number of β-amino-alcohol motifs (C(OH)–C–C–N with tert-alkyl or cyclic N) is 1. The highest BCUT2D eigenvalue weighted by molar-refractivity contribution is 5.90. The number of rotatable bonds is 10. The lowest BCUT2D eigenvalue weighted by Crippen LogP contribution is -2.50. The Bertz CT molecular complexity index is 547. The monoisotopic (exact) mass is 361 g/mol. The van der Waals surface area contributed by atoms with Crippen LogP contribution in [0.25, 0.3) is 0 Å². The second kappa shape index (κ2) is 8.76. The number of unbranched alkanes of at least 4 members (excludes halogenated alkanes) is 3. The highest BCUT2D eigenvalue weighted by atomic mass is 16.3. The quantitative estimate of drug-likeness (QED) is 0.357. The second-order valence-electron chi connectivity index (χ2n) is 7.92. The van der Waals surface area contributed by atoms with Gasteiger partial charge in [0.05, 0.1) is 13.0 Å². The van der Waals surface area contributed by atoms with Crippen LogP contribution >= 0.6 is 0 Å². The minimum absolute atomic E-state index is 0.0420. The van der Waals surface area contributed by atoms with Crippen LogP contribution in [0.1, 0.15) is 51.9 Å². The minimum atomic E-state index is -0.648. The van der Waals surface area contributed by atoms with Gasteiger partial charge in [0, 0.05) is 31.2 Å². The van der Waals surface area contributed by atoms with Crippen molar-refractivity contribution >= 4 is 11.8 Å². The summed E-state index contributed by atoms with van der Waals surface area (Å²) < 4.78 is 0. The van der Waals surface area contributed by atoms with Gasteiger partial charge in [0.2, 0.25) is 11.8 Å². The Kier molecular flexibility index (Phi) is 6.93. The van der Waals surface area contributed by atoms with Crippen molar-refractivity contribution in [1.82, 2.24) is 10.2 Å². The molecule has 2 aliphatic rings. The van der Waals surface area contributed by atoms with Crippen LogP contribution in [0.5, 0.6) is 0 Å². The van der Waals surface area contributed by atoms with Crippen LogP contribution in [0.3, 0.4) is 0 Å². The standard InChI is InChI=1S/C21H32N2O3/c1-5-7-8-9-10-11-15(3)20(26)23-14-17(24)12-18(23)19(25)22-21(4)13-16(21)6-2/h5-6,15-18,24H,1-2,4,7-14H2,3H3/p+1. The average molecular weight is 362 g/mol. The number of amides is 2. The van der Waals surface area contributed by atoms with Gasteiger partial charge in [-0.25, -0.2) is 0 Å². The topological polar surface area (TPSA) is 69.6 Å². The van der Waals surface area contributed by atoms with E-state index in [0.717, 1.165) is 38.5 Å². The van der Waals surface area contributed by atoms with Gasteiger partial charge in [-0.05, 0) is 19.3 Å². The van der Waals surface area contributed by atoms with Crippen LogP contribution in [0.4, 0.5) is 0 Å². The first-order chi connectivity index (χ1) is 12.3. The van der Waals surface area contributed by atoms with Crippen LogP contribution in [-0.4, -0.2) is 46.1 Å². The summed E-state index contributed by atoms with van der Waals surface area (Å²) in [7, 11) is 0. The third-order valence-electron chi connectivity index (χ3n) is 5.62. The molecule has 26 heavy (non-hydrogen) atoms. The van der Waals surface area contributed by atoms with E-state index in [1.165, 1.54) is 0 Å². The van der Waals surface area contributed by atoms with Gasteiger partial charge in [-0.15, -0.1) is 13.2 Å². The molecular weight excluding hydrogens is 328 g/mol. The lowest BCUT2D eigenvalue weighted by atomic mass is 10.0. The van der Waals surface area contributed by atoms with Crippen molar-refractivity contribution in [3.8, 4) is 0 Å². The maximum absolute atomic E-state index is 12.8. The zero-order valence-electron chi connectivity index (χ0n) is 16.0. The lowest BCUT2D eigenvalue weighted by Gasteiger charge is -2.27. The highest BCUT2D eigenvalue weighted by Crippen LogP contribution is 2.43. The number of carbonyl (C=O) groups excluding carboxylic acids is 2. The number of nitrogens with one attached hydrogen (secondary N) is 1. The van der Waals surface area contributed by atoms with Gasteiger partial charge in [-0.1, -0.05) is 31.9 Å². The predicted molar refractivity (Wildman–Crippen MR) is 103 cm³/mol. The number of hydrogen-bond acceptors (Lipinski definition) is 3. The first-order valence-electron chi connectivity index (χ1n) is 9.71. The molecule has 1 saturated carbocycles. The van der Waals surface area contributed by atoms with Gasteiger partial charge in [0.15, 0.2) is 5.54 Å². The second-order valence-corrected chi connectivity index (χ2v) is 7.92. The third-order valence-corrected chi connectivity index (χ3v) is 5.62. The Hall–Kier alpha value is -1.75. The van der Waals surface area contributed by atoms with E-state index in [9.17, 15) is 14.7 Å². The van der Waals surface area contributed by atoms with Crippen LogP contribution in [0, 0.1) is 18.8 Å². The van der Waals surface area contributed by atoms with Gasteiger partial charge < -0.3 is 15.3 Å². The van der Waals surface area contributed by atoms with E-state index in [2.05, 4.69) is 25.4 Å². The number of likely N-dealkylation sites (tertiary alicyclic amines) is 1. The lowest BCUT2D eigenvalue weighted by molar-refractivity contribution is -0.141. The zero-order chi connectivity index (χ0) is 19.3. The Morgan fingerprint density at radius 1 is 1.38 bits per heavy atom. The molecule has 1 aliphatic carbocycles. The molecule has 0 spiro atoms. The molecule has 0 aromatic rings. The summed E-state index contributed by atoms with van der Waals surface area (Å²) in [6.07, 6.45) is 9.07. The molecule has 5 heteroatoms. The van der Waals surface area contributed by atoms with Gasteiger partial charge in [0.25, 0.3) is 0 Å². The summed E-state index contributed by atoms with van der Waals surface area (Å²) in [4.78, 5) is 27.1. The Morgan fingerprint density at radius 3 is 2.73 bits per heavy atom. The van der Waals surface area contributed by atoms with Crippen molar-refractivity contribution in [3.05, 3.63) is 32.2 Å². The summed E-state index contributed by atoms with van der Waals surface area (Å²) in [6.45, 7) is 13.7. The van der Waals surface area contributed by atoms with Crippen LogP contribution < -0.4 is 5.32 Å². The molecule has 1 aliphatic heterocycles. The Balaban J connectivity index is 1.89. The molecule has 0 radical (unpaired) electrons. The smallest absolute Gasteiger partial charge is 0.246 e. The van der Waals surface area contributed by atoms with Crippen LogP contribution in [0.2, 0.25) is 0 Å². The molecule has 5 atom stereocenters. The minimum Gasteiger partial charge on any atom is -0.391 e. The molecule has 2 amide bonds. The Morgan fingerprint density at radius 2 is 2.12 bits per heavy atom. The zero-order valence-corrected chi connectivity index (χ0v) is 16.0. The number of hydrogen-bond donors (Lipinski definition) is 2. The molecule has 2 rings (SSSR count). The highest BCUT2D eigenvalue weighted by Gasteiger charge is 2.58. The van der Waals surface area contributed by atoms with E-state index in [-0.39, 0.29) is 30.2 Å². The van der Waals surface area contributed by atoms with Crippen molar-refractivity contribution in [2.75, 3.05) is 6.54 Å². The molecule has 2 N–H and O–H groups in total. The number of aliphatic hydroxyl groups is 1. The van der Waals surface area contributed by atoms with Crippen molar-refractivity contribution in [1.29, 1.82) is 0 Å². The SMILES string of the molecule is C=CCCCCCC(C)C(=O)N1CC(O)CC1C(=O)NC1([CH2+])CC1C=C. The normalized spacial score (nSPS) is 31.3. The summed E-state index contributed by atoms with van der Waals surface area (Å²) in [5.74, 6) is -0.224. The van der Waals surface area contributed by atoms with Crippen molar-refractivity contribution in [3.63, 3.8) is 0 Å². The van der Waals surface area contributed by atoms with Crippen LogP contribution in [-0.2, 0) is 9.59 Å². The summed E-state index contributed by atoms with van der Waals surface area (Å²) in [6, 6.07) is -0.606. The maximum atomic E-state index is 12.8. The van der Waals surface area contributed by atoms with Gasteiger partial charge in [0.1, 0.15) is 6.04 Å². The van der Waals surface area contributed by atoms with Crippen LogP contribution in [0.15, 0.2) is 25.3 Å². The summed E-state index contributed by atoms with van der Waals surface area (Å²) >= 11 is 0. The predicted octanol–water partition coefficient (Wildman–Crippen LogP) is 2.62. The third kappa shape index (κ3) is 4.91. The molecule has 0 aromatic heterocycles. The fraction of sp³-hybridized carbons (Fsp3) is 0.667. The maximum Gasteiger partial charge on any atom is 0.246 e. The Labute approximate surface area is 157 Å². The van der Waals surface area contributed by atoms with E-state index < -0.39 is 17.7 Å². The van der Waals surface area contributed by atoms with E-state index in [4.69, 9.17) is 0 Å².